The first-order valence-electron chi connectivity index (χ1n) is 12.9. The minimum Gasteiger partial charge on any atom is -0.406 e. The van der Waals surface area contributed by atoms with E-state index in [-0.39, 0.29) is 23.2 Å². The zero-order chi connectivity index (χ0) is 27.5. The maximum atomic E-state index is 13.4. The van der Waals surface area contributed by atoms with Gasteiger partial charge in [0, 0.05) is 18.0 Å². The molecule has 10 heteroatoms. The van der Waals surface area contributed by atoms with Crippen molar-refractivity contribution in [2.24, 2.45) is 0 Å². The number of aromatic nitrogens is 1. The third kappa shape index (κ3) is 6.92. The van der Waals surface area contributed by atoms with E-state index >= 15 is 0 Å². The number of ether oxygens (including phenoxy) is 3. The Morgan fingerprint density at radius 3 is 2.45 bits per heavy atom. The van der Waals surface area contributed by atoms with Gasteiger partial charge in [-0.05, 0) is 64.0 Å². The van der Waals surface area contributed by atoms with Crippen molar-refractivity contribution in [2.75, 3.05) is 13.2 Å². The van der Waals surface area contributed by atoms with Gasteiger partial charge in [-0.25, -0.2) is 12.4 Å². The average Bonchev–Trinajstić information content (AvgIpc) is 3.24. The first kappa shape index (κ1) is 28.9. The van der Waals surface area contributed by atoms with Gasteiger partial charge < -0.3 is 23.7 Å². The van der Waals surface area contributed by atoms with Crippen LogP contribution in [0.15, 0.2) is 65.7 Å². The SMILES string of the molecule is C[Si](C)O[C@H]1[C@H](OCCc2cn(S(=O)(=O)c3ccccc3)c3ccccc23)O[C@H](COC(C)(C)C)C[C@@H]1O. The molecule has 0 saturated carbocycles. The largest absolute Gasteiger partial charge is 0.406 e. The lowest BCUT2D eigenvalue weighted by atomic mass is 10.0. The van der Waals surface area contributed by atoms with Crippen LogP contribution < -0.4 is 0 Å². The Hall–Kier alpha value is -2.05. The smallest absolute Gasteiger partial charge is 0.268 e. The second-order valence-electron chi connectivity index (χ2n) is 10.7. The number of fused-ring (bicyclic) bond motifs is 1. The molecule has 4 rings (SSSR count). The molecule has 0 spiro atoms. The summed E-state index contributed by atoms with van der Waals surface area (Å²) in [6.45, 7) is 10.5. The molecule has 1 aromatic heterocycles. The second kappa shape index (κ2) is 12.0. The molecule has 207 valence electrons. The standard InChI is InChI=1S/C28H38NO7SSi/c1-28(2,3)34-19-21-17-25(30)26(36-38(4)5)27(35-21)33-16-15-20-18-29(24-14-10-9-13-23(20)24)37(31,32)22-11-7-6-8-12-22/h6-14,18,21,25-27,30H,15-17,19H2,1-5H3/t21-,25-,26+,27+/m0/s1. The van der Waals surface area contributed by atoms with E-state index < -0.39 is 37.6 Å². The Balaban J connectivity index is 1.51. The highest BCUT2D eigenvalue weighted by Gasteiger charge is 2.40. The maximum absolute atomic E-state index is 13.4. The lowest BCUT2D eigenvalue weighted by molar-refractivity contribution is -0.270. The maximum Gasteiger partial charge on any atom is 0.268 e. The predicted octanol–water partition coefficient (Wildman–Crippen LogP) is 4.36. The number of aliphatic hydroxyl groups excluding tert-OH is 1. The fraction of sp³-hybridized carbons (Fsp3) is 0.500. The Kier molecular flexibility index (Phi) is 9.13. The van der Waals surface area contributed by atoms with E-state index in [1.165, 1.54) is 3.97 Å². The molecule has 38 heavy (non-hydrogen) atoms. The summed E-state index contributed by atoms with van der Waals surface area (Å²) in [6.07, 6.45) is 0.121. The molecule has 0 unspecified atom stereocenters. The van der Waals surface area contributed by atoms with Crippen molar-refractivity contribution in [3.63, 3.8) is 0 Å². The summed E-state index contributed by atoms with van der Waals surface area (Å²) in [5.41, 5.74) is 1.13. The fourth-order valence-corrected chi connectivity index (χ4v) is 6.73. The van der Waals surface area contributed by atoms with Gasteiger partial charge in [-0.1, -0.05) is 36.4 Å². The van der Waals surface area contributed by atoms with Gasteiger partial charge in [0.15, 0.2) is 6.29 Å². The highest BCUT2D eigenvalue weighted by Crippen LogP contribution is 2.28. The molecule has 1 N–H and O–H groups in total. The molecule has 0 amide bonds. The normalized spacial score (nSPS) is 22.8. The molecule has 8 nitrogen and oxygen atoms in total. The van der Waals surface area contributed by atoms with E-state index in [1.807, 2.05) is 52.1 Å². The fourth-order valence-electron chi connectivity index (χ4n) is 4.51. The van der Waals surface area contributed by atoms with Gasteiger partial charge in [-0.3, -0.25) is 0 Å². The van der Waals surface area contributed by atoms with Crippen molar-refractivity contribution < 1.29 is 32.2 Å². The van der Waals surface area contributed by atoms with Gasteiger partial charge in [0.05, 0.1) is 41.4 Å². The predicted molar refractivity (Wildman–Crippen MR) is 148 cm³/mol. The van der Waals surface area contributed by atoms with Crippen LogP contribution in [0.1, 0.15) is 32.8 Å². The summed E-state index contributed by atoms with van der Waals surface area (Å²) in [4.78, 5) is 0.230. The highest BCUT2D eigenvalue weighted by atomic mass is 32.2. The third-order valence-electron chi connectivity index (χ3n) is 6.27. The molecule has 2 aromatic carbocycles. The van der Waals surface area contributed by atoms with Crippen LogP contribution in [0.5, 0.6) is 0 Å². The molecule has 0 bridgehead atoms. The van der Waals surface area contributed by atoms with Gasteiger partial charge in [-0.15, -0.1) is 0 Å². The van der Waals surface area contributed by atoms with Crippen molar-refractivity contribution in [1.29, 1.82) is 0 Å². The summed E-state index contributed by atoms with van der Waals surface area (Å²) in [6, 6.07) is 15.8. The molecule has 1 aliphatic heterocycles. The van der Waals surface area contributed by atoms with Crippen LogP contribution in [0.2, 0.25) is 13.1 Å². The Morgan fingerprint density at radius 1 is 1.08 bits per heavy atom. The van der Waals surface area contributed by atoms with Crippen LogP contribution in [-0.4, -0.2) is 70.0 Å². The van der Waals surface area contributed by atoms with Gasteiger partial charge in [0.1, 0.15) is 6.10 Å². The molecule has 2 heterocycles. The minimum atomic E-state index is -3.76. The van der Waals surface area contributed by atoms with Crippen molar-refractivity contribution in [3.8, 4) is 0 Å². The van der Waals surface area contributed by atoms with E-state index in [0.29, 0.717) is 25.0 Å². The van der Waals surface area contributed by atoms with Gasteiger partial charge in [-0.2, -0.15) is 0 Å². The Labute approximate surface area is 227 Å². The molecule has 1 fully saturated rings. The van der Waals surface area contributed by atoms with Crippen LogP contribution in [0.4, 0.5) is 0 Å². The zero-order valence-electron chi connectivity index (χ0n) is 22.7. The zero-order valence-corrected chi connectivity index (χ0v) is 24.5. The summed E-state index contributed by atoms with van der Waals surface area (Å²) in [5, 5.41) is 11.7. The van der Waals surface area contributed by atoms with Crippen LogP contribution in [0, 0.1) is 0 Å². The number of hydrogen-bond acceptors (Lipinski definition) is 7. The first-order chi connectivity index (χ1) is 18.0. The lowest BCUT2D eigenvalue weighted by Gasteiger charge is -2.40. The van der Waals surface area contributed by atoms with Gasteiger partial charge >= 0.3 is 0 Å². The lowest BCUT2D eigenvalue weighted by Crippen LogP contribution is -2.53. The number of benzene rings is 2. The topological polar surface area (TPSA) is 96.2 Å². The number of hydrogen-bond donors (Lipinski definition) is 1. The molecular formula is C28H38NO7SSi. The van der Waals surface area contributed by atoms with E-state index in [9.17, 15) is 13.5 Å². The second-order valence-corrected chi connectivity index (χ2v) is 14.6. The quantitative estimate of drug-likeness (QED) is 0.368. The molecular weight excluding hydrogens is 522 g/mol. The molecule has 4 atom stereocenters. The van der Waals surface area contributed by atoms with E-state index in [0.717, 1.165) is 10.9 Å². The summed E-state index contributed by atoms with van der Waals surface area (Å²) in [7, 11) is -4.87. The minimum absolute atomic E-state index is 0.230. The van der Waals surface area contributed by atoms with Crippen molar-refractivity contribution in [2.45, 2.75) is 81.8 Å². The number of aliphatic hydroxyl groups is 1. The molecule has 1 aliphatic rings. The molecule has 1 radical (unpaired) electrons. The summed E-state index contributed by atoms with van der Waals surface area (Å²) < 4.78 is 52.4. The monoisotopic (exact) mass is 560 g/mol. The third-order valence-corrected chi connectivity index (χ3v) is 8.70. The molecule has 3 aromatic rings. The first-order valence-corrected chi connectivity index (χ1v) is 16.8. The van der Waals surface area contributed by atoms with Crippen LogP contribution >= 0.6 is 0 Å². The Morgan fingerprint density at radius 2 is 1.76 bits per heavy atom. The van der Waals surface area contributed by atoms with Crippen molar-refractivity contribution >= 4 is 30.0 Å². The van der Waals surface area contributed by atoms with Crippen LogP contribution in [0.3, 0.4) is 0 Å². The molecule has 1 saturated heterocycles. The van der Waals surface area contributed by atoms with Crippen LogP contribution in [0.25, 0.3) is 10.9 Å². The van der Waals surface area contributed by atoms with E-state index in [4.69, 9.17) is 18.6 Å². The van der Waals surface area contributed by atoms with E-state index in [2.05, 4.69) is 0 Å². The van der Waals surface area contributed by atoms with Gasteiger partial charge in [0.2, 0.25) is 9.04 Å². The Bertz CT molecular complexity index is 1300. The summed E-state index contributed by atoms with van der Waals surface area (Å²) in [5.74, 6) is 0. The van der Waals surface area contributed by atoms with E-state index in [1.54, 1.807) is 42.6 Å². The summed E-state index contributed by atoms with van der Waals surface area (Å²) >= 11 is 0. The number of nitrogens with zero attached hydrogens (tertiary/aromatic N) is 1. The highest BCUT2D eigenvalue weighted by molar-refractivity contribution is 7.90. The number of para-hydroxylation sites is 1. The van der Waals surface area contributed by atoms with Crippen LogP contribution in [-0.2, 0) is 35.1 Å². The van der Waals surface area contributed by atoms with Crippen molar-refractivity contribution in [1.82, 2.24) is 3.97 Å². The average molecular weight is 561 g/mol. The van der Waals surface area contributed by atoms with Gasteiger partial charge in [0.25, 0.3) is 10.0 Å². The molecule has 0 aliphatic carbocycles. The van der Waals surface area contributed by atoms with Crippen molar-refractivity contribution in [3.05, 3.63) is 66.4 Å². The number of rotatable bonds is 10.